The second kappa shape index (κ2) is 6.00. The molecule has 3 atom stereocenters. The van der Waals surface area contributed by atoms with Crippen molar-refractivity contribution in [2.45, 2.75) is 59.2 Å². The first kappa shape index (κ1) is 15.9. The van der Waals surface area contributed by atoms with Gasteiger partial charge in [-0.2, -0.15) is 0 Å². The molecular weight excluding hydrogens is 218 g/mol. The maximum atomic E-state index is 11.7. The van der Waals surface area contributed by atoms with Crippen molar-refractivity contribution in [3.8, 4) is 0 Å². The first-order chi connectivity index (χ1) is 7.54. The summed E-state index contributed by atoms with van der Waals surface area (Å²) in [6.07, 6.45) is 0. The van der Waals surface area contributed by atoms with E-state index in [4.69, 9.17) is 5.73 Å². The van der Waals surface area contributed by atoms with Gasteiger partial charge in [0.05, 0.1) is 0 Å². The highest BCUT2D eigenvalue weighted by molar-refractivity contribution is 5.88. The van der Waals surface area contributed by atoms with Crippen LogP contribution in [0.25, 0.3) is 0 Å². The molecule has 0 rings (SSSR count). The minimum absolute atomic E-state index is 0.192. The van der Waals surface area contributed by atoms with E-state index < -0.39 is 6.04 Å². The smallest absolute Gasteiger partial charge is 0.242 e. The van der Waals surface area contributed by atoms with Gasteiger partial charge in [0.1, 0.15) is 6.04 Å². The fourth-order valence-corrected chi connectivity index (χ4v) is 1.13. The van der Waals surface area contributed by atoms with Crippen molar-refractivity contribution in [2.75, 3.05) is 0 Å². The average molecular weight is 243 g/mol. The molecule has 0 aliphatic carbocycles. The Bertz CT molecular complexity index is 282. The lowest BCUT2D eigenvalue weighted by Gasteiger charge is -2.25. The molecule has 2 amide bonds. The van der Waals surface area contributed by atoms with E-state index in [1.54, 1.807) is 20.8 Å². The summed E-state index contributed by atoms with van der Waals surface area (Å²) < 4.78 is 0. The summed E-state index contributed by atoms with van der Waals surface area (Å²) >= 11 is 0. The summed E-state index contributed by atoms with van der Waals surface area (Å²) in [6.45, 7) is 10.9. The molecular formula is C12H25N3O2. The predicted octanol–water partition coefficient (Wildman–Crippen LogP) is 0.389. The third kappa shape index (κ3) is 6.26. The first-order valence-corrected chi connectivity index (χ1v) is 5.92. The van der Waals surface area contributed by atoms with Gasteiger partial charge in [-0.05, 0) is 34.6 Å². The molecule has 0 fully saturated rings. The third-order valence-electron chi connectivity index (χ3n) is 2.45. The van der Waals surface area contributed by atoms with Gasteiger partial charge in [-0.25, -0.2) is 0 Å². The number of amides is 2. The molecule has 0 spiro atoms. The Morgan fingerprint density at radius 1 is 1.06 bits per heavy atom. The van der Waals surface area contributed by atoms with Gasteiger partial charge in [-0.15, -0.1) is 0 Å². The van der Waals surface area contributed by atoms with Gasteiger partial charge in [-0.3, -0.25) is 9.59 Å². The Morgan fingerprint density at radius 3 is 1.88 bits per heavy atom. The van der Waals surface area contributed by atoms with Crippen LogP contribution in [0.15, 0.2) is 0 Å². The largest absolute Gasteiger partial charge is 0.350 e. The van der Waals surface area contributed by atoms with Crippen LogP contribution in [0.4, 0.5) is 0 Å². The van der Waals surface area contributed by atoms with E-state index in [-0.39, 0.29) is 29.3 Å². The van der Waals surface area contributed by atoms with E-state index in [0.717, 1.165) is 0 Å². The molecule has 17 heavy (non-hydrogen) atoms. The predicted molar refractivity (Wildman–Crippen MR) is 68.3 cm³/mol. The minimum Gasteiger partial charge on any atom is -0.350 e. The lowest BCUT2D eigenvalue weighted by molar-refractivity contribution is -0.131. The van der Waals surface area contributed by atoms with Crippen molar-refractivity contribution in [1.29, 1.82) is 0 Å². The monoisotopic (exact) mass is 243 g/mol. The molecule has 5 heteroatoms. The molecule has 0 aromatic carbocycles. The lowest BCUT2D eigenvalue weighted by atomic mass is 10.0. The quantitative estimate of drug-likeness (QED) is 0.668. The van der Waals surface area contributed by atoms with Gasteiger partial charge >= 0.3 is 0 Å². The van der Waals surface area contributed by atoms with Crippen LogP contribution in [0.2, 0.25) is 0 Å². The fourth-order valence-electron chi connectivity index (χ4n) is 1.13. The van der Waals surface area contributed by atoms with Gasteiger partial charge in [-0.1, -0.05) is 6.92 Å². The number of nitrogens with one attached hydrogen (secondary N) is 2. The molecule has 0 aliphatic rings. The van der Waals surface area contributed by atoms with Crippen LogP contribution in [-0.4, -0.2) is 29.4 Å². The van der Waals surface area contributed by atoms with Crippen LogP contribution in [0.3, 0.4) is 0 Å². The summed E-state index contributed by atoms with van der Waals surface area (Å²) in [5.41, 5.74) is 5.33. The molecule has 0 aromatic rings. The van der Waals surface area contributed by atoms with E-state index in [0.29, 0.717) is 0 Å². The summed E-state index contributed by atoms with van der Waals surface area (Å²) in [4.78, 5) is 23.4. The number of rotatable bonds is 4. The highest BCUT2D eigenvalue weighted by Gasteiger charge is 2.23. The number of hydrogen-bond donors (Lipinski definition) is 3. The molecule has 0 aliphatic heterocycles. The van der Waals surface area contributed by atoms with Crippen molar-refractivity contribution in [3.63, 3.8) is 0 Å². The Kier molecular flexibility index (Phi) is 5.61. The van der Waals surface area contributed by atoms with E-state index >= 15 is 0 Å². The molecule has 5 nitrogen and oxygen atoms in total. The van der Waals surface area contributed by atoms with Crippen LogP contribution in [-0.2, 0) is 9.59 Å². The van der Waals surface area contributed by atoms with E-state index in [1.165, 1.54) is 0 Å². The van der Waals surface area contributed by atoms with E-state index in [1.807, 2.05) is 20.8 Å². The molecule has 3 unspecified atom stereocenters. The summed E-state index contributed by atoms with van der Waals surface area (Å²) in [5.74, 6) is -0.695. The zero-order chi connectivity index (χ0) is 13.8. The topological polar surface area (TPSA) is 84.2 Å². The molecule has 100 valence electrons. The Balaban J connectivity index is 4.31. The lowest BCUT2D eigenvalue weighted by Crippen LogP contribution is -2.52. The minimum atomic E-state index is -0.553. The number of hydrogen-bond acceptors (Lipinski definition) is 3. The van der Waals surface area contributed by atoms with Gasteiger partial charge in [0, 0.05) is 17.5 Å². The maximum Gasteiger partial charge on any atom is 0.242 e. The van der Waals surface area contributed by atoms with Crippen LogP contribution in [0, 0.1) is 5.92 Å². The SMILES string of the molecule is CC(NC(=O)C(C)C(C)N)C(=O)NC(C)(C)C. The van der Waals surface area contributed by atoms with Crippen molar-refractivity contribution >= 4 is 11.8 Å². The molecule has 0 heterocycles. The zero-order valence-electron chi connectivity index (χ0n) is 11.6. The van der Waals surface area contributed by atoms with Crippen molar-refractivity contribution < 1.29 is 9.59 Å². The third-order valence-corrected chi connectivity index (χ3v) is 2.45. The Morgan fingerprint density at radius 2 is 1.53 bits per heavy atom. The summed E-state index contributed by atoms with van der Waals surface area (Å²) in [5, 5.41) is 5.46. The van der Waals surface area contributed by atoms with Crippen LogP contribution in [0.5, 0.6) is 0 Å². The van der Waals surface area contributed by atoms with Gasteiger partial charge in [0.25, 0.3) is 0 Å². The standard InChI is InChI=1S/C12H25N3O2/c1-7(8(2)13)10(16)14-9(3)11(17)15-12(4,5)6/h7-9H,13H2,1-6H3,(H,14,16)(H,15,17). The fraction of sp³-hybridized carbons (Fsp3) is 0.833. The number of carbonyl (C=O) groups is 2. The van der Waals surface area contributed by atoms with Gasteiger partial charge < -0.3 is 16.4 Å². The number of carbonyl (C=O) groups excluding carboxylic acids is 2. The molecule has 0 saturated carbocycles. The highest BCUT2D eigenvalue weighted by atomic mass is 16.2. The van der Waals surface area contributed by atoms with Crippen LogP contribution in [0.1, 0.15) is 41.5 Å². The second-order valence-electron chi connectivity index (χ2n) is 5.62. The summed E-state index contributed by atoms with van der Waals surface area (Å²) in [7, 11) is 0. The van der Waals surface area contributed by atoms with E-state index in [2.05, 4.69) is 10.6 Å². The van der Waals surface area contributed by atoms with Gasteiger partial charge in [0.2, 0.25) is 11.8 Å². The van der Waals surface area contributed by atoms with Crippen molar-refractivity contribution in [3.05, 3.63) is 0 Å². The first-order valence-electron chi connectivity index (χ1n) is 5.92. The van der Waals surface area contributed by atoms with Crippen LogP contribution < -0.4 is 16.4 Å². The van der Waals surface area contributed by atoms with Gasteiger partial charge in [0.15, 0.2) is 0 Å². The van der Waals surface area contributed by atoms with Crippen molar-refractivity contribution in [1.82, 2.24) is 10.6 Å². The average Bonchev–Trinajstić information content (AvgIpc) is 2.13. The normalized spacial score (nSPS) is 16.9. The molecule has 0 saturated heterocycles. The Hall–Kier alpha value is -1.10. The second-order valence-corrected chi connectivity index (χ2v) is 5.62. The molecule has 0 bridgehead atoms. The number of nitrogens with two attached hydrogens (primary N) is 1. The maximum absolute atomic E-state index is 11.7. The van der Waals surface area contributed by atoms with E-state index in [9.17, 15) is 9.59 Å². The molecule has 4 N–H and O–H groups in total. The Labute approximate surface area is 104 Å². The zero-order valence-corrected chi connectivity index (χ0v) is 11.6. The van der Waals surface area contributed by atoms with Crippen molar-refractivity contribution in [2.24, 2.45) is 11.7 Å². The molecule has 0 aromatic heterocycles. The summed E-state index contributed by atoms with van der Waals surface area (Å²) in [6, 6.07) is -0.782. The van der Waals surface area contributed by atoms with Crippen LogP contribution >= 0.6 is 0 Å². The molecule has 0 radical (unpaired) electrons. The highest BCUT2D eigenvalue weighted by Crippen LogP contribution is 2.02.